The predicted molar refractivity (Wildman–Crippen MR) is 71.0 cm³/mol. The Bertz CT molecular complexity index is 709. The fourth-order valence-corrected chi connectivity index (χ4v) is 2.18. The lowest BCUT2D eigenvalue weighted by Gasteiger charge is -2.00. The fraction of sp³-hybridized carbons (Fsp3) is 0.214. The number of hydrogen-bond donors (Lipinski definition) is 1. The Morgan fingerprint density at radius 1 is 1.33 bits per heavy atom. The molecule has 18 heavy (non-hydrogen) atoms. The Labute approximate surface area is 105 Å². The van der Waals surface area contributed by atoms with E-state index in [4.69, 9.17) is 10.2 Å². The summed E-state index contributed by atoms with van der Waals surface area (Å²) in [7, 11) is 2.01. The van der Waals surface area contributed by atoms with E-state index in [0.29, 0.717) is 6.54 Å². The third-order valence-electron chi connectivity index (χ3n) is 3.17. The van der Waals surface area contributed by atoms with Crippen molar-refractivity contribution in [1.29, 1.82) is 0 Å². The van der Waals surface area contributed by atoms with Crippen molar-refractivity contribution in [3.05, 3.63) is 41.9 Å². The zero-order valence-corrected chi connectivity index (χ0v) is 10.5. The minimum Gasteiger partial charge on any atom is -0.469 e. The van der Waals surface area contributed by atoms with Crippen molar-refractivity contribution in [2.75, 3.05) is 0 Å². The molecular weight excluding hydrogens is 226 g/mol. The first kappa shape index (κ1) is 11.0. The van der Waals surface area contributed by atoms with Crippen LogP contribution in [0.15, 0.2) is 34.9 Å². The Balaban J connectivity index is 2.22. The Hall–Kier alpha value is -2.07. The van der Waals surface area contributed by atoms with Crippen LogP contribution in [0.2, 0.25) is 0 Å². The molecule has 4 heteroatoms. The Morgan fingerprint density at radius 2 is 2.17 bits per heavy atom. The van der Waals surface area contributed by atoms with Crippen LogP contribution in [0.5, 0.6) is 0 Å². The van der Waals surface area contributed by atoms with Gasteiger partial charge in [-0.15, -0.1) is 0 Å². The van der Waals surface area contributed by atoms with Crippen LogP contribution in [0.1, 0.15) is 11.3 Å². The molecule has 0 bridgehead atoms. The highest BCUT2D eigenvalue weighted by Crippen LogP contribution is 2.25. The van der Waals surface area contributed by atoms with Gasteiger partial charge in [0.2, 0.25) is 0 Å². The average Bonchev–Trinajstić information content (AvgIpc) is 2.94. The summed E-state index contributed by atoms with van der Waals surface area (Å²) in [5.41, 5.74) is 9.84. The van der Waals surface area contributed by atoms with Crippen LogP contribution in [-0.4, -0.2) is 9.55 Å². The molecule has 0 fully saturated rings. The largest absolute Gasteiger partial charge is 0.469 e. The van der Waals surface area contributed by atoms with Crippen LogP contribution >= 0.6 is 0 Å². The van der Waals surface area contributed by atoms with Crippen LogP contribution in [0, 0.1) is 6.92 Å². The van der Waals surface area contributed by atoms with Gasteiger partial charge in [0.1, 0.15) is 17.8 Å². The average molecular weight is 241 g/mol. The van der Waals surface area contributed by atoms with Gasteiger partial charge in [0.25, 0.3) is 0 Å². The molecule has 0 atom stereocenters. The predicted octanol–water partition coefficient (Wildman–Crippen LogP) is 2.60. The maximum Gasteiger partial charge on any atom is 0.144 e. The zero-order chi connectivity index (χ0) is 12.7. The van der Waals surface area contributed by atoms with Crippen LogP contribution in [0.4, 0.5) is 0 Å². The molecule has 1 aromatic carbocycles. The van der Waals surface area contributed by atoms with Crippen molar-refractivity contribution in [2.24, 2.45) is 12.8 Å². The summed E-state index contributed by atoms with van der Waals surface area (Å²) in [6, 6.07) is 8.09. The van der Waals surface area contributed by atoms with Gasteiger partial charge in [-0.3, -0.25) is 0 Å². The van der Waals surface area contributed by atoms with E-state index in [1.54, 1.807) is 6.26 Å². The minimum absolute atomic E-state index is 0.543. The molecule has 2 aromatic heterocycles. The number of aryl methyl sites for hydroxylation is 2. The van der Waals surface area contributed by atoms with Gasteiger partial charge in [-0.1, -0.05) is 6.07 Å². The number of benzene rings is 1. The molecule has 4 nitrogen and oxygen atoms in total. The van der Waals surface area contributed by atoms with Crippen molar-refractivity contribution >= 4 is 11.0 Å². The lowest BCUT2D eigenvalue weighted by molar-refractivity contribution is 0.534. The summed E-state index contributed by atoms with van der Waals surface area (Å²) < 4.78 is 7.41. The second-order valence-electron chi connectivity index (χ2n) is 4.47. The highest BCUT2D eigenvalue weighted by atomic mass is 16.3. The lowest BCUT2D eigenvalue weighted by Crippen LogP contribution is -1.96. The van der Waals surface area contributed by atoms with E-state index in [-0.39, 0.29) is 0 Å². The van der Waals surface area contributed by atoms with Crippen LogP contribution in [-0.2, 0) is 13.6 Å². The molecule has 3 rings (SSSR count). The van der Waals surface area contributed by atoms with Crippen LogP contribution in [0.25, 0.3) is 22.4 Å². The normalized spacial score (nSPS) is 11.3. The van der Waals surface area contributed by atoms with Crippen molar-refractivity contribution in [3.8, 4) is 11.4 Å². The summed E-state index contributed by atoms with van der Waals surface area (Å²) in [6.45, 7) is 2.47. The zero-order valence-electron chi connectivity index (χ0n) is 10.5. The second-order valence-corrected chi connectivity index (χ2v) is 4.47. The Kier molecular flexibility index (Phi) is 2.45. The first-order valence-corrected chi connectivity index (χ1v) is 5.90. The third kappa shape index (κ3) is 1.62. The van der Waals surface area contributed by atoms with Crippen LogP contribution in [0.3, 0.4) is 0 Å². The van der Waals surface area contributed by atoms with Gasteiger partial charge in [-0.2, -0.15) is 0 Å². The van der Waals surface area contributed by atoms with E-state index in [1.807, 2.05) is 32.2 Å². The first-order valence-electron chi connectivity index (χ1n) is 5.90. The number of furan rings is 1. The molecule has 2 heterocycles. The number of imidazole rings is 1. The van der Waals surface area contributed by atoms with Gasteiger partial charge in [0.15, 0.2) is 0 Å². The van der Waals surface area contributed by atoms with E-state index in [9.17, 15) is 0 Å². The van der Waals surface area contributed by atoms with Gasteiger partial charge in [-0.25, -0.2) is 4.98 Å². The smallest absolute Gasteiger partial charge is 0.144 e. The van der Waals surface area contributed by atoms with Crippen molar-refractivity contribution in [2.45, 2.75) is 13.5 Å². The van der Waals surface area contributed by atoms with Gasteiger partial charge >= 0.3 is 0 Å². The summed E-state index contributed by atoms with van der Waals surface area (Å²) in [5.74, 6) is 1.80. The first-order chi connectivity index (χ1) is 8.69. The molecule has 0 aliphatic heterocycles. The molecular formula is C14H15N3O. The number of rotatable bonds is 2. The topological polar surface area (TPSA) is 57.0 Å². The molecule has 0 saturated heterocycles. The van der Waals surface area contributed by atoms with E-state index in [1.165, 1.54) is 0 Å². The molecule has 0 radical (unpaired) electrons. The second kappa shape index (κ2) is 3.99. The highest BCUT2D eigenvalue weighted by Gasteiger charge is 2.11. The molecule has 0 spiro atoms. The summed E-state index contributed by atoms with van der Waals surface area (Å²) in [5, 5.41) is 0. The number of nitrogens with two attached hydrogens (primary N) is 1. The molecule has 0 aliphatic rings. The molecule has 0 unspecified atom stereocenters. The minimum atomic E-state index is 0.543. The summed E-state index contributed by atoms with van der Waals surface area (Å²) in [6.07, 6.45) is 1.74. The molecule has 2 N–H and O–H groups in total. The quantitative estimate of drug-likeness (QED) is 0.750. The number of aromatic nitrogens is 2. The number of nitrogens with zero attached hydrogens (tertiary/aromatic N) is 2. The molecule has 3 aromatic rings. The van der Waals surface area contributed by atoms with Crippen LogP contribution < -0.4 is 5.73 Å². The SMILES string of the molecule is Cc1cc(-c2nc3ccc(CN)cc3n2C)co1. The monoisotopic (exact) mass is 241 g/mol. The molecule has 92 valence electrons. The van der Waals surface area contributed by atoms with E-state index in [0.717, 1.165) is 33.7 Å². The van der Waals surface area contributed by atoms with Gasteiger partial charge in [-0.05, 0) is 30.7 Å². The Morgan fingerprint density at radius 3 is 2.83 bits per heavy atom. The summed E-state index contributed by atoms with van der Waals surface area (Å²) >= 11 is 0. The maximum absolute atomic E-state index is 5.67. The molecule has 0 saturated carbocycles. The van der Waals surface area contributed by atoms with E-state index >= 15 is 0 Å². The van der Waals surface area contributed by atoms with E-state index < -0.39 is 0 Å². The van der Waals surface area contributed by atoms with Crippen molar-refractivity contribution in [1.82, 2.24) is 9.55 Å². The highest BCUT2D eigenvalue weighted by molar-refractivity contribution is 5.81. The van der Waals surface area contributed by atoms with Crippen molar-refractivity contribution in [3.63, 3.8) is 0 Å². The fourth-order valence-electron chi connectivity index (χ4n) is 2.18. The molecule has 0 aliphatic carbocycles. The van der Waals surface area contributed by atoms with E-state index in [2.05, 4.69) is 15.6 Å². The van der Waals surface area contributed by atoms with Gasteiger partial charge in [0.05, 0.1) is 16.6 Å². The third-order valence-corrected chi connectivity index (χ3v) is 3.17. The standard InChI is InChI=1S/C14H15N3O/c1-9-5-11(8-18-9)14-16-12-4-3-10(7-15)6-13(12)17(14)2/h3-6,8H,7,15H2,1-2H3. The molecule has 0 amide bonds. The van der Waals surface area contributed by atoms with Gasteiger partial charge in [0, 0.05) is 13.6 Å². The van der Waals surface area contributed by atoms with Gasteiger partial charge < -0.3 is 14.7 Å². The van der Waals surface area contributed by atoms with Crippen molar-refractivity contribution < 1.29 is 4.42 Å². The lowest BCUT2D eigenvalue weighted by atomic mass is 10.2. The summed E-state index contributed by atoms with van der Waals surface area (Å²) in [4.78, 5) is 4.63. The number of fused-ring (bicyclic) bond motifs is 1. The number of hydrogen-bond acceptors (Lipinski definition) is 3. The maximum atomic E-state index is 5.67.